The monoisotopic (exact) mass is 462 g/mol. The SMILES string of the molecule is CS(=O)(=O)/C=C/C(NC(=O)c1ccc(C(F)(F)C2CC2)nc1Oc1ccccc1)C1CC1. The second-order valence-electron chi connectivity index (χ2n) is 8.36. The molecule has 2 aromatic rings. The minimum absolute atomic E-state index is 0.00241. The Kier molecular flexibility index (Phi) is 6.03. The molecule has 2 aliphatic carbocycles. The molecule has 9 heteroatoms. The molecule has 32 heavy (non-hydrogen) atoms. The molecule has 0 saturated heterocycles. The second-order valence-corrected chi connectivity index (χ2v) is 10.3. The summed E-state index contributed by atoms with van der Waals surface area (Å²) in [6.45, 7) is 0. The summed E-state index contributed by atoms with van der Waals surface area (Å²) in [6.07, 6.45) is 5.10. The van der Waals surface area contributed by atoms with Crippen molar-refractivity contribution in [2.75, 3.05) is 6.26 Å². The number of aromatic nitrogens is 1. The summed E-state index contributed by atoms with van der Waals surface area (Å²) in [5.74, 6) is -4.15. The third kappa shape index (κ3) is 5.51. The zero-order valence-electron chi connectivity index (χ0n) is 17.5. The molecule has 0 bridgehead atoms. The molecule has 1 aromatic carbocycles. The van der Waals surface area contributed by atoms with Crippen LogP contribution in [0.4, 0.5) is 8.78 Å². The van der Waals surface area contributed by atoms with Gasteiger partial charge in [-0.05, 0) is 55.9 Å². The molecule has 2 aliphatic rings. The Morgan fingerprint density at radius 2 is 1.84 bits per heavy atom. The van der Waals surface area contributed by atoms with E-state index >= 15 is 0 Å². The summed E-state index contributed by atoms with van der Waals surface area (Å²) in [7, 11) is -3.35. The average Bonchev–Trinajstić information content (AvgIpc) is 3.63. The molecule has 1 amide bonds. The molecule has 1 atom stereocenters. The number of benzene rings is 1. The number of halogens is 2. The standard InChI is InChI=1S/C23H24F2N2O4S/c1-32(29,30)14-13-19(15-7-8-15)26-21(28)18-11-12-20(23(24,25)16-9-10-16)27-22(18)31-17-5-3-2-4-6-17/h2-6,11-16,19H,7-10H2,1H3,(H,26,28)/b14-13+. The van der Waals surface area contributed by atoms with Crippen molar-refractivity contribution < 1.29 is 26.7 Å². The van der Waals surface area contributed by atoms with Crippen molar-refractivity contribution in [1.82, 2.24) is 10.3 Å². The normalized spacial score (nSPS) is 17.8. The predicted octanol–water partition coefficient (Wildman–Crippen LogP) is 4.44. The van der Waals surface area contributed by atoms with Crippen LogP contribution in [0.3, 0.4) is 0 Å². The number of nitrogens with zero attached hydrogens (tertiary/aromatic N) is 1. The molecule has 1 aromatic heterocycles. The van der Waals surface area contributed by atoms with Gasteiger partial charge < -0.3 is 10.1 Å². The van der Waals surface area contributed by atoms with Crippen LogP contribution in [0.1, 0.15) is 41.7 Å². The van der Waals surface area contributed by atoms with Gasteiger partial charge in [0.05, 0.1) is 6.04 Å². The molecule has 1 heterocycles. The van der Waals surface area contributed by atoms with E-state index in [2.05, 4.69) is 10.3 Å². The van der Waals surface area contributed by atoms with Gasteiger partial charge >= 0.3 is 0 Å². The average molecular weight is 463 g/mol. The fourth-order valence-electron chi connectivity index (χ4n) is 3.37. The lowest BCUT2D eigenvalue weighted by atomic mass is 10.1. The Morgan fingerprint density at radius 3 is 2.44 bits per heavy atom. The number of carbonyl (C=O) groups excluding carboxylic acids is 1. The Labute approximate surface area is 185 Å². The van der Waals surface area contributed by atoms with Crippen LogP contribution >= 0.6 is 0 Å². The summed E-state index contributed by atoms with van der Waals surface area (Å²) in [5.41, 5.74) is -0.430. The van der Waals surface area contributed by atoms with E-state index < -0.39 is 39.3 Å². The highest BCUT2D eigenvalue weighted by atomic mass is 32.2. The van der Waals surface area contributed by atoms with E-state index in [1.165, 1.54) is 12.1 Å². The van der Waals surface area contributed by atoms with Crippen LogP contribution < -0.4 is 10.1 Å². The second kappa shape index (κ2) is 8.61. The maximum absolute atomic E-state index is 14.6. The topological polar surface area (TPSA) is 85.4 Å². The summed E-state index contributed by atoms with van der Waals surface area (Å²) >= 11 is 0. The van der Waals surface area contributed by atoms with Gasteiger partial charge in [0.1, 0.15) is 17.0 Å². The number of pyridine rings is 1. The van der Waals surface area contributed by atoms with Crippen LogP contribution in [0.25, 0.3) is 0 Å². The molecule has 6 nitrogen and oxygen atoms in total. The van der Waals surface area contributed by atoms with Crippen molar-refractivity contribution in [3.8, 4) is 11.6 Å². The fraction of sp³-hybridized carbons (Fsp3) is 0.391. The number of hydrogen-bond acceptors (Lipinski definition) is 5. The maximum Gasteiger partial charge on any atom is 0.292 e. The molecule has 1 unspecified atom stereocenters. The first kappa shape index (κ1) is 22.4. The number of sulfone groups is 1. The number of para-hydroxylation sites is 1. The first-order valence-electron chi connectivity index (χ1n) is 10.4. The van der Waals surface area contributed by atoms with Crippen LogP contribution in [0.5, 0.6) is 11.6 Å². The van der Waals surface area contributed by atoms with E-state index in [9.17, 15) is 22.0 Å². The Bertz CT molecular complexity index is 1130. The van der Waals surface area contributed by atoms with Crippen molar-refractivity contribution in [3.63, 3.8) is 0 Å². The third-order valence-corrected chi connectivity index (χ3v) is 6.11. The van der Waals surface area contributed by atoms with Gasteiger partial charge in [-0.1, -0.05) is 24.3 Å². The van der Waals surface area contributed by atoms with E-state index in [-0.39, 0.29) is 17.4 Å². The van der Waals surface area contributed by atoms with Gasteiger partial charge in [-0.2, -0.15) is 8.78 Å². The summed E-state index contributed by atoms with van der Waals surface area (Å²) in [4.78, 5) is 17.1. The van der Waals surface area contributed by atoms with Gasteiger partial charge in [0.15, 0.2) is 9.84 Å². The van der Waals surface area contributed by atoms with E-state index in [1.807, 2.05) is 0 Å². The zero-order chi connectivity index (χ0) is 22.9. The lowest BCUT2D eigenvalue weighted by Gasteiger charge is -2.19. The fourth-order valence-corrected chi connectivity index (χ4v) is 3.82. The highest BCUT2D eigenvalue weighted by Gasteiger charge is 2.49. The Morgan fingerprint density at radius 1 is 1.16 bits per heavy atom. The van der Waals surface area contributed by atoms with Gasteiger partial charge in [-0.3, -0.25) is 4.79 Å². The van der Waals surface area contributed by atoms with Gasteiger partial charge in [-0.15, -0.1) is 0 Å². The van der Waals surface area contributed by atoms with Crippen LogP contribution in [0.15, 0.2) is 53.9 Å². The van der Waals surface area contributed by atoms with Crippen molar-refractivity contribution in [2.24, 2.45) is 11.8 Å². The molecule has 170 valence electrons. The largest absolute Gasteiger partial charge is 0.438 e. The minimum Gasteiger partial charge on any atom is -0.438 e. The van der Waals surface area contributed by atoms with E-state index in [0.29, 0.717) is 18.6 Å². The molecule has 0 aliphatic heterocycles. The number of ether oxygens (including phenoxy) is 1. The number of rotatable bonds is 9. The van der Waals surface area contributed by atoms with Crippen molar-refractivity contribution in [2.45, 2.75) is 37.6 Å². The molecule has 1 N–H and O–H groups in total. The third-order valence-electron chi connectivity index (χ3n) is 5.45. The number of alkyl halides is 2. The molecule has 0 radical (unpaired) electrons. The Hall–Kier alpha value is -2.81. The predicted molar refractivity (Wildman–Crippen MR) is 115 cm³/mol. The van der Waals surface area contributed by atoms with Crippen molar-refractivity contribution in [3.05, 3.63) is 65.2 Å². The molecule has 2 fully saturated rings. The van der Waals surface area contributed by atoms with E-state index in [0.717, 1.165) is 30.6 Å². The van der Waals surface area contributed by atoms with Gasteiger partial charge in [0.25, 0.3) is 11.8 Å². The van der Waals surface area contributed by atoms with Crippen LogP contribution in [-0.4, -0.2) is 31.6 Å². The van der Waals surface area contributed by atoms with E-state index in [1.54, 1.807) is 30.3 Å². The first-order chi connectivity index (χ1) is 15.1. The molecule has 4 rings (SSSR count). The number of carbonyl (C=O) groups is 1. The first-order valence-corrected chi connectivity index (χ1v) is 12.4. The van der Waals surface area contributed by atoms with E-state index in [4.69, 9.17) is 4.74 Å². The highest BCUT2D eigenvalue weighted by molar-refractivity contribution is 7.93. The molecule has 2 saturated carbocycles. The summed E-state index contributed by atoms with van der Waals surface area (Å²) < 4.78 is 58.0. The smallest absolute Gasteiger partial charge is 0.292 e. The summed E-state index contributed by atoms with van der Waals surface area (Å²) in [5, 5.41) is 3.85. The lowest BCUT2D eigenvalue weighted by molar-refractivity contribution is -0.0332. The van der Waals surface area contributed by atoms with Crippen molar-refractivity contribution >= 4 is 15.7 Å². The van der Waals surface area contributed by atoms with Crippen LogP contribution in [-0.2, 0) is 15.8 Å². The summed E-state index contributed by atoms with van der Waals surface area (Å²) in [6, 6.07) is 10.4. The quantitative estimate of drug-likeness (QED) is 0.595. The van der Waals surface area contributed by atoms with Crippen molar-refractivity contribution in [1.29, 1.82) is 0 Å². The minimum atomic E-state index is -3.35. The van der Waals surface area contributed by atoms with Gasteiger partial charge in [0, 0.05) is 17.6 Å². The molecular weight excluding hydrogens is 438 g/mol. The number of nitrogens with one attached hydrogen (secondary N) is 1. The molecule has 0 spiro atoms. The maximum atomic E-state index is 14.6. The van der Waals surface area contributed by atoms with Gasteiger partial charge in [0.2, 0.25) is 5.88 Å². The lowest BCUT2D eigenvalue weighted by Crippen LogP contribution is -2.35. The highest BCUT2D eigenvalue weighted by Crippen LogP contribution is 2.49. The van der Waals surface area contributed by atoms with Gasteiger partial charge in [-0.25, -0.2) is 13.4 Å². The van der Waals surface area contributed by atoms with Crippen LogP contribution in [0, 0.1) is 11.8 Å². The number of hydrogen-bond donors (Lipinski definition) is 1. The molecular formula is C23H24F2N2O4S. The zero-order valence-corrected chi connectivity index (χ0v) is 18.3. The Balaban J connectivity index is 1.63. The number of amides is 1. The van der Waals surface area contributed by atoms with Crippen LogP contribution in [0.2, 0.25) is 0 Å².